The third-order valence-corrected chi connectivity index (χ3v) is 3.83. The highest BCUT2D eigenvalue weighted by atomic mass is 16.4. The number of carbonyl (C=O) groups is 3. The minimum atomic E-state index is -1.02. The Morgan fingerprint density at radius 2 is 2.00 bits per heavy atom. The minimum absolute atomic E-state index is 0.0987. The molecular formula is C16H17N5O4. The lowest BCUT2D eigenvalue weighted by molar-refractivity contribution is -0.137. The Bertz CT molecular complexity index is 799. The topological polar surface area (TPSA) is 117 Å². The van der Waals surface area contributed by atoms with Gasteiger partial charge in [-0.1, -0.05) is 5.21 Å². The maximum Gasteiger partial charge on any atom is 0.325 e. The van der Waals surface area contributed by atoms with Crippen molar-refractivity contribution in [1.82, 2.24) is 20.3 Å². The summed E-state index contributed by atoms with van der Waals surface area (Å²) in [5, 5.41) is 18.8. The van der Waals surface area contributed by atoms with Gasteiger partial charge in [-0.05, 0) is 30.7 Å². The fourth-order valence-electron chi connectivity index (χ4n) is 2.62. The first-order chi connectivity index (χ1) is 12.0. The van der Waals surface area contributed by atoms with Gasteiger partial charge in [-0.15, -0.1) is 5.10 Å². The van der Waals surface area contributed by atoms with Crippen LogP contribution in [0.2, 0.25) is 0 Å². The van der Waals surface area contributed by atoms with Gasteiger partial charge in [0.25, 0.3) is 5.91 Å². The number of amides is 2. The molecule has 2 aromatic rings. The van der Waals surface area contributed by atoms with Crippen LogP contribution in [-0.4, -0.2) is 44.4 Å². The van der Waals surface area contributed by atoms with Gasteiger partial charge in [0.05, 0.1) is 12.7 Å². The third kappa shape index (κ3) is 4.00. The number of hydrogen-bond donors (Lipinski definition) is 2. The molecule has 1 fully saturated rings. The monoisotopic (exact) mass is 343 g/mol. The van der Waals surface area contributed by atoms with E-state index in [4.69, 9.17) is 5.11 Å². The van der Waals surface area contributed by atoms with Gasteiger partial charge < -0.3 is 15.3 Å². The van der Waals surface area contributed by atoms with E-state index in [-0.39, 0.29) is 24.9 Å². The summed E-state index contributed by atoms with van der Waals surface area (Å²) in [4.78, 5) is 36.2. The first-order valence-electron chi connectivity index (χ1n) is 7.82. The van der Waals surface area contributed by atoms with Crippen molar-refractivity contribution in [2.24, 2.45) is 0 Å². The van der Waals surface area contributed by atoms with E-state index in [0.717, 1.165) is 12.1 Å². The summed E-state index contributed by atoms with van der Waals surface area (Å²) in [6.07, 6.45) is 2.88. The summed E-state index contributed by atoms with van der Waals surface area (Å²) in [5.74, 6) is -1.20. The van der Waals surface area contributed by atoms with E-state index >= 15 is 0 Å². The van der Waals surface area contributed by atoms with Crippen LogP contribution < -0.4 is 10.2 Å². The molecule has 3 rings (SSSR count). The quantitative estimate of drug-likeness (QED) is 0.785. The zero-order valence-electron chi connectivity index (χ0n) is 13.4. The standard InChI is InChI=1S/C16H17N5O4/c22-14-2-1-7-21(14)13-5-3-11(4-6-13)16(25)17-8-12-9-20(19-18-12)10-15(23)24/h3-6,9H,1-2,7-8,10H2,(H,17,25)(H,23,24). The lowest BCUT2D eigenvalue weighted by Gasteiger charge is -2.15. The van der Waals surface area contributed by atoms with Crippen LogP contribution in [0.4, 0.5) is 5.69 Å². The van der Waals surface area contributed by atoms with Crippen LogP contribution in [0, 0.1) is 0 Å². The average molecular weight is 343 g/mol. The molecule has 2 heterocycles. The third-order valence-electron chi connectivity index (χ3n) is 3.83. The first kappa shape index (κ1) is 16.6. The number of carbonyl (C=O) groups excluding carboxylic acids is 2. The molecule has 9 heteroatoms. The van der Waals surface area contributed by atoms with Gasteiger partial charge in [-0.3, -0.25) is 14.4 Å². The lowest BCUT2D eigenvalue weighted by atomic mass is 10.2. The fourth-order valence-corrected chi connectivity index (χ4v) is 2.62. The Hall–Kier alpha value is -3.23. The number of carboxylic acid groups (broad SMARTS) is 1. The number of anilines is 1. The molecule has 1 aromatic heterocycles. The molecular weight excluding hydrogens is 326 g/mol. The highest BCUT2D eigenvalue weighted by Crippen LogP contribution is 2.21. The molecule has 0 aliphatic carbocycles. The molecule has 2 amide bonds. The molecule has 0 unspecified atom stereocenters. The minimum Gasteiger partial charge on any atom is -0.480 e. The molecule has 0 bridgehead atoms. The van der Waals surface area contributed by atoms with Gasteiger partial charge >= 0.3 is 5.97 Å². The second-order valence-corrected chi connectivity index (χ2v) is 5.68. The van der Waals surface area contributed by atoms with E-state index in [1.165, 1.54) is 10.9 Å². The first-order valence-corrected chi connectivity index (χ1v) is 7.82. The van der Waals surface area contributed by atoms with E-state index in [1.807, 2.05) is 0 Å². The average Bonchev–Trinajstić information content (AvgIpc) is 3.21. The SMILES string of the molecule is O=C(O)Cn1cc(CNC(=O)c2ccc(N3CCCC3=O)cc2)nn1. The van der Waals surface area contributed by atoms with Crippen LogP contribution in [0.15, 0.2) is 30.5 Å². The smallest absolute Gasteiger partial charge is 0.325 e. The van der Waals surface area contributed by atoms with Crippen molar-refractivity contribution in [2.75, 3.05) is 11.4 Å². The van der Waals surface area contributed by atoms with Crippen LogP contribution in [0.25, 0.3) is 0 Å². The molecule has 0 atom stereocenters. The molecule has 1 aliphatic heterocycles. The zero-order valence-corrected chi connectivity index (χ0v) is 13.4. The van der Waals surface area contributed by atoms with Gasteiger partial charge in [-0.25, -0.2) is 4.68 Å². The summed E-state index contributed by atoms with van der Waals surface area (Å²) in [6.45, 7) is 0.568. The lowest BCUT2D eigenvalue weighted by Crippen LogP contribution is -2.25. The number of nitrogens with zero attached hydrogens (tertiary/aromatic N) is 4. The maximum atomic E-state index is 12.2. The molecule has 1 aromatic carbocycles. The summed E-state index contributed by atoms with van der Waals surface area (Å²) >= 11 is 0. The van der Waals surface area contributed by atoms with Crippen LogP contribution in [0.1, 0.15) is 28.9 Å². The van der Waals surface area contributed by atoms with E-state index in [0.29, 0.717) is 24.2 Å². The van der Waals surface area contributed by atoms with Crippen LogP contribution in [0.5, 0.6) is 0 Å². The summed E-state index contributed by atoms with van der Waals surface area (Å²) in [5.41, 5.74) is 1.72. The Morgan fingerprint density at radius 3 is 2.64 bits per heavy atom. The van der Waals surface area contributed by atoms with Crippen LogP contribution in [-0.2, 0) is 22.7 Å². The molecule has 1 saturated heterocycles. The maximum absolute atomic E-state index is 12.2. The van der Waals surface area contributed by atoms with E-state index in [1.54, 1.807) is 29.2 Å². The molecule has 2 N–H and O–H groups in total. The molecule has 1 aliphatic rings. The van der Waals surface area contributed by atoms with Crippen molar-refractivity contribution in [2.45, 2.75) is 25.9 Å². The van der Waals surface area contributed by atoms with Gasteiger partial charge in [0.15, 0.2) is 0 Å². The molecule has 25 heavy (non-hydrogen) atoms. The number of aromatic nitrogens is 3. The highest BCUT2D eigenvalue weighted by Gasteiger charge is 2.21. The Labute approximate surface area is 143 Å². The van der Waals surface area contributed by atoms with Crippen molar-refractivity contribution >= 4 is 23.5 Å². The molecule has 0 radical (unpaired) electrons. The second-order valence-electron chi connectivity index (χ2n) is 5.68. The number of aliphatic carboxylic acids is 1. The number of carboxylic acids is 1. The predicted octanol–water partition coefficient (Wildman–Crippen LogP) is 0.419. The summed E-state index contributed by atoms with van der Waals surface area (Å²) in [6, 6.07) is 6.83. The Kier molecular flexibility index (Phi) is 4.73. The summed E-state index contributed by atoms with van der Waals surface area (Å²) in [7, 11) is 0. The van der Waals surface area contributed by atoms with E-state index in [9.17, 15) is 14.4 Å². The van der Waals surface area contributed by atoms with E-state index < -0.39 is 5.97 Å². The number of benzene rings is 1. The molecule has 9 nitrogen and oxygen atoms in total. The van der Waals surface area contributed by atoms with Gasteiger partial charge in [0.1, 0.15) is 12.2 Å². The predicted molar refractivity (Wildman–Crippen MR) is 86.9 cm³/mol. The van der Waals surface area contributed by atoms with Crippen molar-refractivity contribution in [1.29, 1.82) is 0 Å². The van der Waals surface area contributed by atoms with Crippen molar-refractivity contribution in [3.05, 3.63) is 41.7 Å². The molecule has 0 spiro atoms. The second kappa shape index (κ2) is 7.12. The van der Waals surface area contributed by atoms with Crippen molar-refractivity contribution in [3.8, 4) is 0 Å². The zero-order chi connectivity index (χ0) is 17.8. The number of hydrogen-bond acceptors (Lipinski definition) is 5. The van der Waals surface area contributed by atoms with Crippen molar-refractivity contribution < 1.29 is 19.5 Å². The molecule has 0 saturated carbocycles. The number of nitrogens with one attached hydrogen (secondary N) is 1. The fraction of sp³-hybridized carbons (Fsp3) is 0.312. The van der Waals surface area contributed by atoms with Gasteiger partial charge in [0, 0.05) is 24.2 Å². The Morgan fingerprint density at radius 1 is 1.24 bits per heavy atom. The number of rotatable bonds is 6. The normalized spacial score (nSPS) is 13.9. The van der Waals surface area contributed by atoms with E-state index in [2.05, 4.69) is 15.6 Å². The largest absolute Gasteiger partial charge is 0.480 e. The highest BCUT2D eigenvalue weighted by molar-refractivity contribution is 5.97. The van der Waals surface area contributed by atoms with Crippen LogP contribution in [0.3, 0.4) is 0 Å². The van der Waals surface area contributed by atoms with Gasteiger partial charge in [0.2, 0.25) is 5.91 Å². The van der Waals surface area contributed by atoms with Crippen LogP contribution >= 0.6 is 0 Å². The van der Waals surface area contributed by atoms with Gasteiger partial charge in [-0.2, -0.15) is 0 Å². The molecule has 130 valence electrons. The van der Waals surface area contributed by atoms with Crippen molar-refractivity contribution in [3.63, 3.8) is 0 Å². The Balaban J connectivity index is 1.57. The summed E-state index contributed by atoms with van der Waals surface area (Å²) < 4.78 is 1.19.